The second kappa shape index (κ2) is 5.64. The topological polar surface area (TPSA) is 39.9 Å². The lowest BCUT2D eigenvalue weighted by Gasteiger charge is -2.31. The zero-order chi connectivity index (χ0) is 13.9. The molecule has 1 aromatic carbocycles. The summed E-state index contributed by atoms with van der Waals surface area (Å²) in [6, 6.07) is 6.25. The summed E-state index contributed by atoms with van der Waals surface area (Å²) in [5.41, 5.74) is 1.66. The van der Waals surface area contributed by atoms with Crippen molar-refractivity contribution in [2.24, 2.45) is 0 Å². The summed E-state index contributed by atoms with van der Waals surface area (Å²) in [5, 5.41) is 5.24. The molecule has 4 nitrogen and oxygen atoms in total. The van der Waals surface area contributed by atoms with Crippen molar-refractivity contribution < 1.29 is 4.74 Å². The number of benzene rings is 1. The van der Waals surface area contributed by atoms with Crippen LogP contribution in [0.15, 0.2) is 43.5 Å². The van der Waals surface area contributed by atoms with Crippen LogP contribution in [0.5, 0.6) is 0 Å². The maximum Gasteiger partial charge on any atom is 0.137 e. The quantitative estimate of drug-likeness (QED) is 0.617. The lowest BCUT2D eigenvalue weighted by atomic mass is 9.92. The summed E-state index contributed by atoms with van der Waals surface area (Å²) in [6.45, 7) is 6.53. The minimum absolute atomic E-state index is 0.539. The van der Waals surface area contributed by atoms with Crippen molar-refractivity contribution in [3.05, 3.63) is 54.6 Å². The van der Waals surface area contributed by atoms with Crippen LogP contribution in [0.1, 0.15) is 11.1 Å². The van der Waals surface area contributed by atoms with Crippen LogP contribution >= 0.6 is 9.24 Å². The van der Waals surface area contributed by atoms with Crippen molar-refractivity contribution in [3.8, 4) is 0 Å². The van der Waals surface area contributed by atoms with Crippen LogP contribution in [-0.4, -0.2) is 21.9 Å². The number of hydrogen-bond donors (Lipinski definition) is 0. The van der Waals surface area contributed by atoms with E-state index in [4.69, 9.17) is 4.74 Å². The number of ether oxygens (including phenoxy) is 1. The van der Waals surface area contributed by atoms with Crippen molar-refractivity contribution in [2.45, 2.75) is 19.1 Å². The van der Waals surface area contributed by atoms with E-state index in [1.165, 1.54) is 11.9 Å². The molecule has 0 saturated carbocycles. The number of rotatable bonds is 5. The largest absolute Gasteiger partial charge is 0.367 e. The maximum atomic E-state index is 5.75. The molecule has 0 saturated heterocycles. The molecule has 0 radical (unpaired) electrons. The number of hydrogen-bond acceptors (Lipinski definition) is 3. The first-order chi connectivity index (χ1) is 9.11. The van der Waals surface area contributed by atoms with Crippen molar-refractivity contribution in [2.75, 3.05) is 7.11 Å². The van der Waals surface area contributed by atoms with Gasteiger partial charge in [-0.05, 0) is 17.8 Å². The molecule has 100 valence electrons. The SMILES string of the molecule is C=C[C@@](Cn1cncn1)(OC)c1ccc(C)cc1P. The highest BCUT2D eigenvalue weighted by atomic mass is 31.0. The molecule has 0 aliphatic heterocycles. The van der Waals surface area contributed by atoms with Crippen molar-refractivity contribution in [1.29, 1.82) is 0 Å². The summed E-state index contributed by atoms with van der Waals surface area (Å²) in [7, 11) is 4.44. The van der Waals surface area contributed by atoms with Gasteiger partial charge >= 0.3 is 0 Å². The zero-order valence-electron chi connectivity index (χ0n) is 11.2. The number of nitrogens with zero attached hydrogens (tertiary/aromatic N) is 3. The summed E-state index contributed by atoms with van der Waals surface area (Å²) >= 11 is 0. The van der Waals surface area contributed by atoms with Gasteiger partial charge in [0.25, 0.3) is 0 Å². The highest BCUT2D eigenvalue weighted by Gasteiger charge is 2.31. The van der Waals surface area contributed by atoms with E-state index in [1.807, 2.05) is 6.08 Å². The van der Waals surface area contributed by atoms with Crippen LogP contribution in [0.3, 0.4) is 0 Å². The molecular weight excluding hydrogens is 257 g/mol. The Hall–Kier alpha value is -1.51. The van der Waals surface area contributed by atoms with Crippen molar-refractivity contribution in [3.63, 3.8) is 0 Å². The molecule has 0 aliphatic carbocycles. The Labute approximate surface area is 115 Å². The predicted octanol–water partition coefficient (Wildman–Crippen LogP) is 1.81. The lowest BCUT2D eigenvalue weighted by Crippen LogP contribution is -2.35. The minimum atomic E-state index is -0.613. The van der Waals surface area contributed by atoms with Gasteiger partial charge in [0, 0.05) is 7.11 Å². The van der Waals surface area contributed by atoms with Gasteiger partial charge in [0.15, 0.2) is 0 Å². The Morgan fingerprint density at radius 3 is 2.84 bits per heavy atom. The normalized spacial score (nSPS) is 14.1. The molecule has 0 bridgehead atoms. The highest BCUT2D eigenvalue weighted by Crippen LogP contribution is 2.28. The summed E-state index contributed by atoms with van der Waals surface area (Å²) in [5.74, 6) is 0. The van der Waals surface area contributed by atoms with Gasteiger partial charge in [-0.15, -0.1) is 9.24 Å². The third-order valence-electron chi connectivity index (χ3n) is 3.22. The Bertz CT molecular complexity index is 568. The van der Waals surface area contributed by atoms with Gasteiger partial charge < -0.3 is 4.74 Å². The first-order valence-electron chi connectivity index (χ1n) is 5.99. The van der Waals surface area contributed by atoms with E-state index in [0.29, 0.717) is 6.54 Å². The van der Waals surface area contributed by atoms with Gasteiger partial charge in [0.05, 0.1) is 6.54 Å². The summed E-state index contributed by atoms with van der Waals surface area (Å²) in [6.07, 6.45) is 5.00. The predicted molar refractivity (Wildman–Crippen MR) is 79.4 cm³/mol. The van der Waals surface area contributed by atoms with Gasteiger partial charge in [-0.1, -0.05) is 36.4 Å². The molecule has 0 fully saturated rings. The fourth-order valence-electron chi connectivity index (χ4n) is 2.14. The fraction of sp³-hybridized carbons (Fsp3) is 0.286. The molecule has 2 rings (SSSR count). The Kier molecular flexibility index (Phi) is 4.13. The smallest absolute Gasteiger partial charge is 0.137 e. The first kappa shape index (κ1) is 13.9. The molecule has 0 N–H and O–H groups in total. The average Bonchev–Trinajstić information content (AvgIpc) is 2.89. The Balaban J connectivity index is 2.46. The average molecular weight is 275 g/mol. The monoisotopic (exact) mass is 275 g/mol. The first-order valence-corrected chi connectivity index (χ1v) is 6.57. The fourth-order valence-corrected chi connectivity index (χ4v) is 2.74. The second-order valence-electron chi connectivity index (χ2n) is 4.48. The molecule has 0 aliphatic rings. The van der Waals surface area contributed by atoms with E-state index in [0.717, 1.165) is 10.9 Å². The van der Waals surface area contributed by atoms with Crippen LogP contribution in [0, 0.1) is 6.92 Å². The van der Waals surface area contributed by atoms with E-state index in [-0.39, 0.29) is 0 Å². The molecule has 1 unspecified atom stereocenters. The maximum absolute atomic E-state index is 5.75. The van der Waals surface area contributed by atoms with Gasteiger partial charge in [0.2, 0.25) is 0 Å². The molecule has 5 heteroatoms. The molecule has 0 spiro atoms. The number of aryl methyl sites for hydroxylation is 1. The van der Waals surface area contributed by atoms with Gasteiger partial charge in [-0.25, -0.2) is 9.67 Å². The van der Waals surface area contributed by atoms with E-state index < -0.39 is 5.60 Å². The zero-order valence-corrected chi connectivity index (χ0v) is 12.4. The lowest BCUT2D eigenvalue weighted by molar-refractivity contribution is 0.0121. The molecular formula is C14H18N3OP. The summed E-state index contributed by atoms with van der Waals surface area (Å²) in [4.78, 5) is 3.96. The Morgan fingerprint density at radius 1 is 1.53 bits per heavy atom. The Morgan fingerprint density at radius 2 is 2.32 bits per heavy atom. The van der Waals surface area contributed by atoms with Gasteiger partial charge in [-0.2, -0.15) is 5.10 Å². The van der Waals surface area contributed by atoms with E-state index in [2.05, 4.69) is 51.0 Å². The van der Waals surface area contributed by atoms with Crippen molar-refractivity contribution >= 4 is 14.5 Å². The van der Waals surface area contributed by atoms with E-state index >= 15 is 0 Å². The second-order valence-corrected chi connectivity index (χ2v) is 5.10. The standard InChI is InChI=1S/C14H18N3OP/c1-4-14(18-3,8-17-10-15-9-16-17)12-6-5-11(2)7-13(12)19/h4-7,9-10H,1,8,19H2,2-3H3/t14-/m0/s1. The third kappa shape index (κ3) is 2.75. The third-order valence-corrected chi connectivity index (χ3v) is 3.70. The van der Waals surface area contributed by atoms with Crippen LogP contribution in [-0.2, 0) is 16.9 Å². The summed E-state index contributed by atoms with van der Waals surface area (Å²) < 4.78 is 7.49. The van der Waals surface area contributed by atoms with Gasteiger partial charge in [-0.3, -0.25) is 0 Å². The van der Waals surface area contributed by atoms with Crippen LogP contribution in [0.2, 0.25) is 0 Å². The van der Waals surface area contributed by atoms with Crippen LogP contribution < -0.4 is 5.30 Å². The highest BCUT2D eigenvalue weighted by molar-refractivity contribution is 7.27. The van der Waals surface area contributed by atoms with Gasteiger partial charge in [0.1, 0.15) is 18.3 Å². The molecule has 1 heterocycles. The van der Waals surface area contributed by atoms with Crippen LogP contribution in [0.25, 0.3) is 0 Å². The number of aromatic nitrogens is 3. The molecule has 0 amide bonds. The minimum Gasteiger partial charge on any atom is -0.367 e. The van der Waals surface area contributed by atoms with E-state index in [1.54, 1.807) is 18.1 Å². The molecule has 1 aromatic heterocycles. The van der Waals surface area contributed by atoms with E-state index in [9.17, 15) is 0 Å². The van der Waals surface area contributed by atoms with Crippen molar-refractivity contribution in [1.82, 2.24) is 14.8 Å². The molecule has 2 aromatic rings. The molecule has 19 heavy (non-hydrogen) atoms. The number of methoxy groups -OCH3 is 1. The molecule has 2 atom stereocenters. The van der Waals surface area contributed by atoms with Crippen LogP contribution in [0.4, 0.5) is 0 Å².